The number of nitrogens with two attached hydrogens (primary N) is 1. The van der Waals surface area contributed by atoms with Gasteiger partial charge in [-0.25, -0.2) is 4.68 Å². The van der Waals surface area contributed by atoms with Gasteiger partial charge in [0.25, 0.3) is 5.91 Å². The summed E-state index contributed by atoms with van der Waals surface area (Å²) < 4.78 is 1.53. The Balaban J connectivity index is 2.16. The van der Waals surface area contributed by atoms with E-state index in [1.54, 1.807) is 24.4 Å². The molecule has 3 N–H and O–H groups in total. The zero-order valence-corrected chi connectivity index (χ0v) is 13.2. The molecule has 1 heterocycles. The van der Waals surface area contributed by atoms with Crippen LogP contribution in [0.15, 0.2) is 30.6 Å². The maximum Gasteiger partial charge on any atom is 0.254 e. The van der Waals surface area contributed by atoms with Crippen molar-refractivity contribution in [2.24, 2.45) is 5.73 Å². The Morgan fingerprint density at radius 2 is 2.14 bits per heavy atom. The predicted molar refractivity (Wildman–Crippen MR) is 84.2 cm³/mol. The fourth-order valence-electron chi connectivity index (χ4n) is 1.65. The molecule has 1 aromatic carbocycles. The highest BCUT2D eigenvalue weighted by Gasteiger charge is 2.15. The van der Waals surface area contributed by atoms with Crippen molar-refractivity contribution >= 4 is 29.1 Å². The monoisotopic (exact) mass is 326 g/mol. The Bertz CT molecular complexity index is 661. The Kier molecular flexibility index (Phi) is 4.56. The molecule has 2 aromatic rings. The molecule has 0 fully saturated rings. The summed E-state index contributed by atoms with van der Waals surface area (Å²) in [6.45, 7) is 4.05. The number of carbonyl (C=O) groups excluding carboxylic acids is 1. The molecule has 0 bridgehead atoms. The Labute approximate surface area is 133 Å². The van der Waals surface area contributed by atoms with E-state index >= 15 is 0 Å². The molecule has 0 aliphatic rings. The SMILES string of the molecule is CC(C)(N)CNC(=O)c1cnn(-c2ccc(Cl)cc2Cl)c1. The van der Waals surface area contributed by atoms with Crippen molar-refractivity contribution in [2.75, 3.05) is 6.54 Å². The molecule has 1 aromatic heterocycles. The zero-order valence-electron chi connectivity index (χ0n) is 11.7. The minimum Gasteiger partial charge on any atom is -0.350 e. The number of aromatic nitrogens is 2. The number of hydrogen-bond donors (Lipinski definition) is 2. The summed E-state index contributed by atoms with van der Waals surface area (Å²) in [6.07, 6.45) is 3.08. The lowest BCUT2D eigenvalue weighted by atomic mass is 10.1. The molecule has 2 rings (SSSR count). The molecule has 0 aliphatic carbocycles. The summed E-state index contributed by atoms with van der Waals surface area (Å²) in [7, 11) is 0. The molecule has 0 spiro atoms. The van der Waals surface area contributed by atoms with E-state index in [0.29, 0.717) is 27.8 Å². The first kappa shape index (κ1) is 15.8. The fourth-order valence-corrected chi connectivity index (χ4v) is 2.14. The molecule has 0 saturated heterocycles. The number of benzene rings is 1. The molecule has 5 nitrogen and oxygen atoms in total. The van der Waals surface area contributed by atoms with Crippen LogP contribution in [0.2, 0.25) is 10.0 Å². The van der Waals surface area contributed by atoms with E-state index in [0.717, 1.165) is 0 Å². The summed E-state index contributed by atoms with van der Waals surface area (Å²) in [5.74, 6) is -0.232. The van der Waals surface area contributed by atoms with Gasteiger partial charge in [0.15, 0.2) is 0 Å². The highest BCUT2D eigenvalue weighted by molar-refractivity contribution is 6.35. The van der Waals surface area contributed by atoms with Gasteiger partial charge in [-0.2, -0.15) is 5.10 Å². The molecule has 0 saturated carbocycles. The van der Waals surface area contributed by atoms with E-state index < -0.39 is 5.54 Å². The van der Waals surface area contributed by atoms with Gasteiger partial charge in [-0.3, -0.25) is 4.79 Å². The van der Waals surface area contributed by atoms with Crippen LogP contribution in [0.25, 0.3) is 5.69 Å². The number of rotatable bonds is 4. The third-order valence-corrected chi connectivity index (χ3v) is 3.24. The maximum absolute atomic E-state index is 12.0. The second kappa shape index (κ2) is 6.05. The van der Waals surface area contributed by atoms with Gasteiger partial charge in [-0.05, 0) is 32.0 Å². The molecule has 1 amide bonds. The van der Waals surface area contributed by atoms with Crippen LogP contribution >= 0.6 is 23.2 Å². The number of halogens is 2. The van der Waals surface area contributed by atoms with E-state index in [2.05, 4.69) is 10.4 Å². The molecule has 0 aliphatic heterocycles. The molecule has 0 atom stereocenters. The van der Waals surface area contributed by atoms with E-state index in [1.807, 2.05) is 13.8 Å². The van der Waals surface area contributed by atoms with Crippen LogP contribution in [0.1, 0.15) is 24.2 Å². The van der Waals surface area contributed by atoms with Gasteiger partial charge in [-0.15, -0.1) is 0 Å². The summed E-state index contributed by atoms with van der Waals surface area (Å²) in [5.41, 5.74) is 6.45. The Morgan fingerprint density at radius 3 is 2.76 bits per heavy atom. The molecule has 0 radical (unpaired) electrons. The Morgan fingerprint density at radius 1 is 1.43 bits per heavy atom. The lowest BCUT2D eigenvalue weighted by Gasteiger charge is -2.18. The van der Waals surface area contributed by atoms with Crippen LogP contribution in [-0.2, 0) is 0 Å². The quantitative estimate of drug-likeness (QED) is 0.907. The van der Waals surface area contributed by atoms with Crippen LogP contribution in [0.3, 0.4) is 0 Å². The normalized spacial score (nSPS) is 11.5. The minimum atomic E-state index is -0.467. The highest BCUT2D eigenvalue weighted by Crippen LogP contribution is 2.24. The first-order valence-electron chi connectivity index (χ1n) is 6.33. The molecule has 21 heavy (non-hydrogen) atoms. The van der Waals surface area contributed by atoms with Crippen molar-refractivity contribution in [2.45, 2.75) is 19.4 Å². The van der Waals surface area contributed by atoms with E-state index in [-0.39, 0.29) is 5.91 Å². The van der Waals surface area contributed by atoms with E-state index in [4.69, 9.17) is 28.9 Å². The summed E-state index contributed by atoms with van der Waals surface area (Å²) in [6, 6.07) is 5.07. The van der Waals surface area contributed by atoms with Crippen molar-refractivity contribution in [1.29, 1.82) is 0 Å². The van der Waals surface area contributed by atoms with Gasteiger partial charge < -0.3 is 11.1 Å². The van der Waals surface area contributed by atoms with E-state index in [1.165, 1.54) is 10.9 Å². The number of amides is 1. The van der Waals surface area contributed by atoms with Crippen molar-refractivity contribution in [3.05, 3.63) is 46.2 Å². The van der Waals surface area contributed by atoms with Crippen molar-refractivity contribution < 1.29 is 4.79 Å². The standard InChI is InChI=1S/C14H16Cl2N4O/c1-14(2,17)8-18-13(21)9-6-19-20(7-9)12-4-3-10(15)5-11(12)16/h3-7H,8,17H2,1-2H3,(H,18,21). The van der Waals surface area contributed by atoms with Crippen LogP contribution in [0.5, 0.6) is 0 Å². The van der Waals surface area contributed by atoms with Gasteiger partial charge in [0.05, 0.1) is 22.5 Å². The summed E-state index contributed by atoms with van der Waals surface area (Å²) in [5, 5.41) is 7.90. The number of hydrogen-bond acceptors (Lipinski definition) is 3. The molecule has 7 heteroatoms. The summed E-state index contributed by atoms with van der Waals surface area (Å²) in [4.78, 5) is 12.0. The molecule has 112 valence electrons. The molecular weight excluding hydrogens is 311 g/mol. The first-order chi connectivity index (χ1) is 9.76. The average Bonchev–Trinajstić information content (AvgIpc) is 2.84. The van der Waals surface area contributed by atoms with Gasteiger partial charge in [0.1, 0.15) is 0 Å². The number of carbonyl (C=O) groups is 1. The van der Waals surface area contributed by atoms with Gasteiger partial charge >= 0.3 is 0 Å². The third-order valence-electron chi connectivity index (χ3n) is 2.71. The number of nitrogens with zero attached hydrogens (tertiary/aromatic N) is 2. The lowest BCUT2D eigenvalue weighted by molar-refractivity contribution is 0.0946. The zero-order chi connectivity index (χ0) is 15.6. The van der Waals surface area contributed by atoms with Gasteiger partial charge in [0, 0.05) is 23.3 Å². The Hall–Kier alpha value is -1.56. The van der Waals surface area contributed by atoms with Crippen molar-refractivity contribution in [3.63, 3.8) is 0 Å². The van der Waals surface area contributed by atoms with Crippen LogP contribution in [0.4, 0.5) is 0 Å². The van der Waals surface area contributed by atoms with Gasteiger partial charge in [0.2, 0.25) is 0 Å². The van der Waals surface area contributed by atoms with Gasteiger partial charge in [-0.1, -0.05) is 23.2 Å². The second-order valence-corrected chi connectivity index (χ2v) is 6.28. The third kappa shape index (κ3) is 4.20. The molecular formula is C14H16Cl2N4O. The minimum absolute atomic E-state index is 0.232. The maximum atomic E-state index is 12.0. The average molecular weight is 327 g/mol. The highest BCUT2D eigenvalue weighted by atomic mass is 35.5. The van der Waals surface area contributed by atoms with E-state index in [9.17, 15) is 4.79 Å². The lowest BCUT2D eigenvalue weighted by Crippen LogP contribution is -2.45. The fraction of sp³-hybridized carbons (Fsp3) is 0.286. The number of nitrogens with one attached hydrogen (secondary N) is 1. The first-order valence-corrected chi connectivity index (χ1v) is 7.09. The molecule has 0 unspecified atom stereocenters. The van der Waals surface area contributed by atoms with Crippen molar-refractivity contribution in [3.8, 4) is 5.69 Å². The topological polar surface area (TPSA) is 72.9 Å². The van der Waals surface area contributed by atoms with Crippen LogP contribution in [-0.4, -0.2) is 27.8 Å². The largest absolute Gasteiger partial charge is 0.350 e. The van der Waals surface area contributed by atoms with Crippen LogP contribution < -0.4 is 11.1 Å². The smallest absolute Gasteiger partial charge is 0.254 e. The second-order valence-electron chi connectivity index (χ2n) is 5.44. The summed E-state index contributed by atoms with van der Waals surface area (Å²) >= 11 is 12.0. The van der Waals surface area contributed by atoms with Crippen LogP contribution in [0, 0.1) is 0 Å². The predicted octanol–water partition coefficient (Wildman–Crippen LogP) is 2.65. The van der Waals surface area contributed by atoms with Crippen molar-refractivity contribution in [1.82, 2.24) is 15.1 Å².